The molecule has 4 rings (SSSR count). The van der Waals surface area contributed by atoms with Gasteiger partial charge in [0.2, 0.25) is 5.91 Å². The molecular formula is C15H16N3O4-. The van der Waals surface area contributed by atoms with Crippen LogP contribution in [0.2, 0.25) is 0 Å². The molecule has 0 radical (unpaired) electrons. The summed E-state index contributed by atoms with van der Waals surface area (Å²) in [5, 5.41) is 11.3. The number of imidazole rings is 1. The van der Waals surface area contributed by atoms with Crippen molar-refractivity contribution in [1.29, 1.82) is 0 Å². The van der Waals surface area contributed by atoms with Crippen LogP contribution < -0.4 is 5.11 Å². The highest BCUT2D eigenvalue weighted by Crippen LogP contribution is 2.51. The third-order valence-electron chi connectivity index (χ3n) is 4.85. The lowest BCUT2D eigenvalue weighted by Crippen LogP contribution is -2.45. The Morgan fingerprint density at radius 2 is 2.36 bits per heavy atom. The molecule has 1 aromatic heterocycles. The van der Waals surface area contributed by atoms with Gasteiger partial charge in [0.15, 0.2) is 0 Å². The molecule has 2 saturated heterocycles. The number of ether oxygens (including phenoxy) is 1. The molecule has 4 heterocycles. The molecule has 0 aromatic carbocycles. The number of aromatic nitrogens is 2. The lowest BCUT2D eigenvalue weighted by Gasteiger charge is -2.24. The molecule has 0 unspecified atom stereocenters. The van der Waals surface area contributed by atoms with E-state index in [1.54, 1.807) is 23.5 Å². The van der Waals surface area contributed by atoms with E-state index in [0.717, 1.165) is 13.0 Å². The van der Waals surface area contributed by atoms with Crippen LogP contribution in [0.15, 0.2) is 30.9 Å². The maximum atomic E-state index is 12.6. The summed E-state index contributed by atoms with van der Waals surface area (Å²) in [5.41, 5.74) is -0.762. The number of hydrogen-bond donors (Lipinski definition) is 0. The predicted octanol–water partition coefficient (Wildman–Crippen LogP) is -1.19. The van der Waals surface area contributed by atoms with Crippen molar-refractivity contribution in [1.82, 2.24) is 14.5 Å². The molecule has 1 aromatic rings. The van der Waals surface area contributed by atoms with Crippen LogP contribution in [-0.4, -0.2) is 51.1 Å². The van der Waals surface area contributed by atoms with E-state index in [2.05, 4.69) is 4.98 Å². The van der Waals surface area contributed by atoms with E-state index in [4.69, 9.17) is 4.74 Å². The van der Waals surface area contributed by atoms with Gasteiger partial charge in [0.1, 0.15) is 5.60 Å². The fourth-order valence-electron chi connectivity index (χ4n) is 3.90. The molecule has 1 spiro atoms. The molecule has 22 heavy (non-hydrogen) atoms. The first kappa shape index (κ1) is 13.5. The average molecular weight is 302 g/mol. The van der Waals surface area contributed by atoms with E-state index < -0.39 is 29.5 Å². The molecule has 1 amide bonds. The molecule has 3 aliphatic rings. The Morgan fingerprint density at radius 3 is 3.09 bits per heavy atom. The lowest BCUT2D eigenvalue weighted by molar-refractivity contribution is -0.313. The molecule has 7 heteroatoms. The minimum absolute atomic E-state index is 0.133. The molecule has 0 N–H and O–H groups in total. The van der Waals surface area contributed by atoms with Crippen LogP contribution in [0, 0.1) is 11.8 Å². The Morgan fingerprint density at radius 1 is 1.50 bits per heavy atom. The van der Waals surface area contributed by atoms with Crippen LogP contribution in [0.5, 0.6) is 0 Å². The fourth-order valence-corrected chi connectivity index (χ4v) is 3.90. The van der Waals surface area contributed by atoms with Gasteiger partial charge in [-0.25, -0.2) is 4.98 Å². The van der Waals surface area contributed by atoms with Crippen molar-refractivity contribution < 1.29 is 19.4 Å². The van der Waals surface area contributed by atoms with E-state index in [0.29, 0.717) is 13.1 Å². The van der Waals surface area contributed by atoms with Gasteiger partial charge < -0.3 is 24.1 Å². The second-order valence-corrected chi connectivity index (χ2v) is 6.13. The van der Waals surface area contributed by atoms with Gasteiger partial charge in [-0.3, -0.25) is 4.79 Å². The molecule has 0 aliphatic carbocycles. The topological polar surface area (TPSA) is 87.5 Å². The molecule has 3 aliphatic heterocycles. The normalized spacial score (nSPS) is 35.4. The summed E-state index contributed by atoms with van der Waals surface area (Å²) in [7, 11) is 0. The molecule has 2 fully saturated rings. The van der Waals surface area contributed by atoms with E-state index in [1.165, 1.54) is 0 Å². The fraction of sp³-hybridized carbons (Fsp3) is 0.533. The number of carbonyl (C=O) groups is 2. The summed E-state index contributed by atoms with van der Waals surface area (Å²) in [6.45, 7) is 1.78. The number of carboxylic acids is 1. The number of carboxylic acid groups (broad SMARTS) is 1. The van der Waals surface area contributed by atoms with Crippen molar-refractivity contribution in [3.05, 3.63) is 30.9 Å². The number of hydrogen-bond acceptors (Lipinski definition) is 5. The van der Waals surface area contributed by atoms with Gasteiger partial charge in [-0.2, -0.15) is 0 Å². The number of nitrogens with zero attached hydrogens (tertiary/aromatic N) is 3. The Bertz CT molecular complexity index is 641. The van der Waals surface area contributed by atoms with Crippen molar-refractivity contribution in [3.63, 3.8) is 0 Å². The number of aliphatic carboxylic acids is 1. The summed E-state index contributed by atoms with van der Waals surface area (Å²) in [4.78, 5) is 29.6. The molecule has 7 nitrogen and oxygen atoms in total. The van der Waals surface area contributed by atoms with E-state index in [-0.39, 0.29) is 5.91 Å². The predicted molar refractivity (Wildman–Crippen MR) is 72.2 cm³/mol. The number of aryl methyl sites for hydroxylation is 1. The quantitative estimate of drug-likeness (QED) is 0.638. The van der Waals surface area contributed by atoms with Gasteiger partial charge in [-0.15, -0.1) is 0 Å². The Kier molecular flexibility index (Phi) is 2.87. The third kappa shape index (κ3) is 1.81. The maximum Gasteiger partial charge on any atom is 0.229 e. The van der Waals surface area contributed by atoms with Gasteiger partial charge in [-0.1, -0.05) is 12.2 Å². The summed E-state index contributed by atoms with van der Waals surface area (Å²) >= 11 is 0. The number of likely N-dealkylation sites (tertiary alicyclic amines) is 1. The molecule has 2 bridgehead atoms. The van der Waals surface area contributed by atoms with Crippen molar-refractivity contribution in [2.24, 2.45) is 11.8 Å². The van der Waals surface area contributed by atoms with Gasteiger partial charge in [0.25, 0.3) is 0 Å². The number of rotatable bonds is 5. The van der Waals surface area contributed by atoms with Gasteiger partial charge >= 0.3 is 0 Å². The Hall–Kier alpha value is -2.15. The van der Waals surface area contributed by atoms with Crippen molar-refractivity contribution >= 4 is 11.9 Å². The van der Waals surface area contributed by atoms with E-state index >= 15 is 0 Å². The summed E-state index contributed by atoms with van der Waals surface area (Å²) in [6, 6.07) is 0. The van der Waals surface area contributed by atoms with E-state index in [1.807, 2.05) is 16.8 Å². The summed E-state index contributed by atoms with van der Waals surface area (Å²) in [6.07, 6.45) is 9.19. The first-order valence-corrected chi connectivity index (χ1v) is 7.43. The minimum atomic E-state index is -1.20. The number of amides is 1. The van der Waals surface area contributed by atoms with Gasteiger partial charge in [-0.05, 0) is 6.42 Å². The first-order chi connectivity index (χ1) is 10.6. The van der Waals surface area contributed by atoms with Crippen LogP contribution in [0.25, 0.3) is 0 Å². The maximum absolute atomic E-state index is 12.6. The minimum Gasteiger partial charge on any atom is -0.550 e. The largest absolute Gasteiger partial charge is 0.550 e. The summed E-state index contributed by atoms with van der Waals surface area (Å²) in [5.74, 6) is -2.83. The first-order valence-electron chi connectivity index (χ1n) is 7.43. The molecule has 116 valence electrons. The Balaban J connectivity index is 1.45. The number of carbonyl (C=O) groups excluding carboxylic acids is 2. The zero-order valence-corrected chi connectivity index (χ0v) is 11.9. The highest BCUT2D eigenvalue weighted by Gasteiger charge is 2.65. The molecule has 0 saturated carbocycles. The molecular weight excluding hydrogens is 286 g/mol. The summed E-state index contributed by atoms with van der Waals surface area (Å²) < 4.78 is 7.75. The van der Waals surface area contributed by atoms with Crippen molar-refractivity contribution in [2.45, 2.75) is 24.7 Å². The van der Waals surface area contributed by atoms with Crippen LogP contribution >= 0.6 is 0 Å². The Labute approximate surface area is 127 Å². The highest BCUT2D eigenvalue weighted by molar-refractivity contribution is 5.90. The van der Waals surface area contributed by atoms with E-state index in [9.17, 15) is 14.7 Å². The van der Waals surface area contributed by atoms with Gasteiger partial charge in [0, 0.05) is 37.4 Å². The van der Waals surface area contributed by atoms with Crippen molar-refractivity contribution in [2.75, 3.05) is 13.1 Å². The average Bonchev–Trinajstić information content (AvgIpc) is 3.22. The third-order valence-corrected chi connectivity index (χ3v) is 4.85. The SMILES string of the molecule is O=C([O-])[C@H]1[C@H]2C=C[C@]3(CN(CCCn4ccnc4)C(=O)[C@@H]13)O2. The molecule has 4 atom stereocenters. The highest BCUT2D eigenvalue weighted by atomic mass is 16.5. The second-order valence-electron chi connectivity index (χ2n) is 6.13. The standard InChI is InChI=1S/C15H17N3O4/c19-13-12-11(14(20)21)10-2-3-15(12,22-10)8-18(13)6-1-5-17-7-4-16-9-17/h2-4,7,9-12H,1,5-6,8H2,(H,20,21)/p-1/t10-,11+,12-,15-/m1/s1. The number of fused-ring (bicyclic) bond motifs is 1. The zero-order chi connectivity index (χ0) is 15.3. The van der Waals surface area contributed by atoms with Crippen LogP contribution in [0.3, 0.4) is 0 Å². The van der Waals surface area contributed by atoms with Crippen LogP contribution in [0.4, 0.5) is 0 Å². The zero-order valence-electron chi connectivity index (χ0n) is 11.9. The van der Waals surface area contributed by atoms with Gasteiger partial charge in [0.05, 0.1) is 24.9 Å². The van der Waals surface area contributed by atoms with Crippen LogP contribution in [0.1, 0.15) is 6.42 Å². The second kappa shape index (κ2) is 4.67. The smallest absolute Gasteiger partial charge is 0.229 e. The van der Waals surface area contributed by atoms with Crippen LogP contribution in [-0.2, 0) is 20.9 Å². The lowest BCUT2D eigenvalue weighted by atomic mass is 9.77. The van der Waals surface area contributed by atoms with Crippen molar-refractivity contribution in [3.8, 4) is 0 Å². The monoisotopic (exact) mass is 302 g/mol.